The van der Waals surface area contributed by atoms with E-state index in [9.17, 15) is 5.11 Å². The number of nitrogens with one attached hydrogen (secondary N) is 2. The summed E-state index contributed by atoms with van der Waals surface area (Å²) in [5.41, 5.74) is 1.33. The Labute approximate surface area is 186 Å². The van der Waals surface area contributed by atoms with Crippen molar-refractivity contribution >= 4 is 29.9 Å². The molecule has 0 spiro atoms. The molecular formula is C21H36IN3O3. The number of rotatable bonds is 9. The van der Waals surface area contributed by atoms with Crippen molar-refractivity contribution in [1.29, 1.82) is 0 Å². The van der Waals surface area contributed by atoms with Crippen molar-refractivity contribution in [3.8, 4) is 17.2 Å². The van der Waals surface area contributed by atoms with Gasteiger partial charge in [0.15, 0.2) is 17.5 Å². The van der Waals surface area contributed by atoms with Crippen molar-refractivity contribution in [2.45, 2.75) is 53.0 Å². The molecule has 0 saturated heterocycles. The van der Waals surface area contributed by atoms with Crippen LogP contribution in [0, 0.1) is 11.3 Å². The van der Waals surface area contributed by atoms with Crippen LogP contribution in [0.15, 0.2) is 17.1 Å². The van der Waals surface area contributed by atoms with Crippen molar-refractivity contribution in [2.75, 3.05) is 27.3 Å². The van der Waals surface area contributed by atoms with Gasteiger partial charge < -0.3 is 25.2 Å². The maximum absolute atomic E-state index is 10.0. The molecule has 0 bridgehead atoms. The van der Waals surface area contributed by atoms with E-state index in [0.29, 0.717) is 29.4 Å². The van der Waals surface area contributed by atoms with Crippen LogP contribution in [0.4, 0.5) is 0 Å². The third-order valence-electron chi connectivity index (χ3n) is 5.19. The smallest absolute Gasteiger partial charge is 0.200 e. The van der Waals surface area contributed by atoms with Crippen molar-refractivity contribution in [3.63, 3.8) is 0 Å². The van der Waals surface area contributed by atoms with Gasteiger partial charge in [-0.05, 0) is 55.2 Å². The molecule has 2 rings (SSSR count). The Kier molecular flexibility index (Phi) is 10.2. The van der Waals surface area contributed by atoms with Crippen molar-refractivity contribution in [3.05, 3.63) is 17.7 Å². The monoisotopic (exact) mass is 505 g/mol. The zero-order valence-electron chi connectivity index (χ0n) is 17.8. The Bertz CT molecular complexity index is 621. The molecular weight excluding hydrogens is 469 g/mol. The van der Waals surface area contributed by atoms with E-state index < -0.39 is 0 Å². The number of hydrogen-bond acceptors (Lipinski definition) is 4. The molecule has 0 atom stereocenters. The van der Waals surface area contributed by atoms with Gasteiger partial charge in [-0.3, -0.25) is 0 Å². The van der Waals surface area contributed by atoms with Crippen LogP contribution in [0.2, 0.25) is 0 Å². The third-order valence-corrected chi connectivity index (χ3v) is 5.19. The number of guanidine groups is 1. The molecule has 1 saturated carbocycles. The number of aliphatic imine (C=N–C) groups is 1. The molecule has 7 heteroatoms. The summed E-state index contributed by atoms with van der Waals surface area (Å²) in [4.78, 5) is 4.71. The minimum Gasteiger partial charge on any atom is -0.502 e. The highest BCUT2D eigenvalue weighted by atomic mass is 127. The lowest BCUT2D eigenvalue weighted by Crippen LogP contribution is -2.47. The fourth-order valence-electron chi connectivity index (χ4n) is 3.82. The first-order valence-corrected chi connectivity index (χ1v) is 9.89. The highest BCUT2D eigenvalue weighted by Crippen LogP contribution is 2.45. The number of aromatic hydroxyl groups is 1. The fraction of sp³-hybridized carbons (Fsp3) is 0.667. The average Bonchev–Trinajstić information content (AvgIpc) is 2.61. The Morgan fingerprint density at radius 1 is 1.18 bits per heavy atom. The van der Waals surface area contributed by atoms with Crippen LogP contribution in [0.5, 0.6) is 17.2 Å². The van der Waals surface area contributed by atoms with Crippen LogP contribution in [0.25, 0.3) is 0 Å². The first kappa shape index (κ1) is 24.7. The second kappa shape index (κ2) is 11.6. The third kappa shape index (κ3) is 6.60. The van der Waals surface area contributed by atoms with Gasteiger partial charge in [0.25, 0.3) is 0 Å². The van der Waals surface area contributed by atoms with Crippen LogP contribution in [-0.4, -0.2) is 38.4 Å². The summed E-state index contributed by atoms with van der Waals surface area (Å²) in [6.45, 7) is 8.90. The van der Waals surface area contributed by atoms with Gasteiger partial charge in [-0.25, -0.2) is 4.99 Å². The number of nitrogens with zero attached hydrogens (tertiary/aromatic N) is 1. The molecule has 0 amide bonds. The number of phenols is 1. The molecule has 0 radical (unpaired) electrons. The number of benzene rings is 1. The summed E-state index contributed by atoms with van der Waals surface area (Å²) in [6.07, 6.45) is 5.18. The largest absolute Gasteiger partial charge is 0.502 e. The van der Waals surface area contributed by atoms with E-state index in [-0.39, 0.29) is 29.7 Å². The Morgan fingerprint density at radius 2 is 1.79 bits per heavy atom. The topological polar surface area (TPSA) is 75.1 Å². The van der Waals surface area contributed by atoms with Gasteiger partial charge in [-0.1, -0.05) is 20.3 Å². The lowest BCUT2D eigenvalue weighted by atomic mass is 9.64. The summed E-state index contributed by atoms with van der Waals surface area (Å²) in [6, 6.07) is 3.58. The second-order valence-electron chi connectivity index (χ2n) is 7.85. The van der Waals surface area contributed by atoms with E-state index in [4.69, 9.17) is 14.5 Å². The molecule has 28 heavy (non-hydrogen) atoms. The van der Waals surface area contributed by atoms with E-state index in [1.165, 1.54) is 39.9 Å². The molecule has 1 aromatic carbocycles. The number of ether oxygens (including phenoxy) is 2. The average molecular weight is 505 g/mol. The van der Waals surface area contributed by atoms with Gasteiger partial charge >= 0.3 is 0 Å². The summed E-state index contributed by atoms with van der Waals surface area (Å²) in [5, 5.41) is 16.9. The zero-order chi connectivity index (χ0) is 19.9. The highest BCUT2D eigenvalue weighted by molar-refractivity contribution is 14.0. The molecule has 0 heterocycles. The maximum atomic E-state index is 10.0. The first-order valence-electron chi connectivity index (χ1n) is 9.89. The van der Waals surface area contributed by atoms with Crippen LogP contribution >= 0.6 is 24.0 Å². The minimum absolute atomic E-state index is 0. The number of phenolic OH excluding ortho intramolecular Hbond substituents is 1. The van der Waals surface area contributed by atoms with Gasteiger partial charge in [-0.15, -0.1) is 24.0 Å². The summed E-state index contributed by atoms with van der Waals surface area (Å²) >= 11 is 0. The molecule has 0 aromatic heterocycles. The van der Waals surface area contributed by atoms with Gasteiger partial charge in [0.05, 0.1) is 20.8 Å². The molecule has 0 aliphatic heterocycles. The first-order chi connectivity index (χ1) is 12.9. The number of halogens is 1. The SMILES string of the molecule is CCNC(=NCc1cc(OC)c(O)c(OC)c1)NCC1(CC(C)C)CCC1.I. The molecule has 1 aliphatic rings. The molecule has 1 aliphatic carbocycles. The van der Waals surface area contributed by atoms with Crippen LogP contribution in [0.3, 0.4) is 0 Å². The predicted molar refractivity (Wildman–Crippen MR) is 125 cm³/mol. The molecule has 6 nitrogen and oxygen atoms in total. The van der Waals surface area contributed by atoms with Gasteiger partial charge in [0.1, 0.15) is 0 Å². The Morgan fingerprint density at radius 3 is 2.21 bits per heavy atom. The maximum Gasteiger partial charge on any atom is 0.200 e. The summed E-state index contributed by atoms with van der Waals surface area (Å²) in [5.74, 6) is 2.33. The standard InChI is InChI=1S/C21H35N3O3.HI/c1-6-22-20(24-14-21(8-7-9-21)12-15(2)3)23-13-16-10-17(26-4)19(25)18(11-16)27-5;/h10-11,15,25H,6-9,12-14H2,1-5H3,(H2,22,23,24);1H. The van der Waals surface area contributed by atoms with E-state index in [1.54, 1.807) is 12.1 Å². The molecule has 0 unspecified atom stereocenters. The second-order valence-corrected chi connectivity index (χ2v) is 7.85. The molecule has 1 fully saturated rings. The quantitative estimate of drug-likeness (QED) is 0.265. The summed E-state index contributed by atoms with van der Waals surface area (Å²) in [7, 11) is 3.06. The zero-order valence-corrected chi connectivity index (χ0v) is 20.1. The Balaban J connectivity index is 0.00000392. The van der Waals surface area contributed by atoms with Crippen LogP contribution < -0.4 is 20.1 Å². The van der Waals surface area contributed by atoms with E-state index >= 15 is 0 Å². The van der Waals surface area contributed by atoms with Gasteiger partial charge in [0.2, 0.25) is 5.75 Å². The van der Waals surface area contributed by atoms with Crippen LogP contribution in [0.1, 0.15) is 52.0 Å². The minimum atomic E-state index is 0. The lowest BCUT2D eigenvalue weighted by Gasteiger charge is -2.43. The fourth-order valence-corrected chi connectivity index (χ4v) is 3.82. The van der Waals surface area contributed by atoms with Crippen molar-refractivity contribution < 1.29 is 14.6 Å². The predicted octanol–water partition coefficient (Wildman–Crippen LogP) is 4.30. The molecule has 160 valence electrons. The molecule has 3 N–H and O–H groups in total. The Hall–Kier alpha value is -1.38. The number of methoxy groups -OCH3 is 2. The van der Waals surface area contributed by atoms with E-state index in [0.717, 1.165) is 24.6 Å². The number of hydrogen-bond donors (Lipinski definition) is 3. The van der Waals surface area contributed by atoms with E-state index in [1.807, 2.05) is 0 Å². The normalized spacial score (nSPS) is 15.4. The lowest BCUT2D eigenvalue weighted by molar-refractivity contribution is 0.104. The molecule has 1 aromatic rings. The van der Waals surface area contributed by atoms with Crippen molar-refractivity contribution in [1.82, 2.24) is 10.6 Å². The van der Waals surface area contributed by atoms with Gasteiger partial charge in [0, 0.05) is 13.1 Å². The summed E-state index contributed by atoms with van der Waals surface area (Å²) < 4.78 is 10.4. The highest BCUT2D eigenvalue weighted by Gasteiger charge is 2.37. The van der Waals surface area contributed by atoms with Crippen molar-refractivity contribution in [2.24, 2.45) is 16.3 Å². The van der Waals surface area contributed by atoms with Crippen LogP contribution in [-0.2, 0) is 6.54 Å². The van der Waals surface area contributed by atoms with E-state index in [2.05, 4.69) is 31.4 Å². The van der Waals surface area contributed by atoms with Gasteiger partial charge in [-0.2, -0.15) is 0 Å².